The van der Waals surface area contributed by atoms with E-state index >= 15 is 0 Å². The lowest BCUT2D eigenvalue weighted by molar-refractivity contribution is 0.0356. The van der Waals surface area contributed by atoms with Crippen LogP contribution in [0.3, 0.4) is 0 Å². The van der Waals surface area contributed by atoms with E-state index in [2.05, 4.69) is 5.43 Å². The first-order valence-corrected chi connectivity index (χ1v) is 8.84. The molecular weight excluding hydrogens is 374 g/mol. The Morgan fingerprint density at radius 1 is 1.24 bits per heavy atom. The van der Waals surface area contributed by atoms with E-state index in [0.717, 1.165) is 29.3 Å². The van der Waals surface area contributed by atoms with Crippen LogP contribution < -0.4 is 10.9 Å². The smallest absolute Gasteiger partial charge is 0.423 e. The zero-order valence-electron chi connectivity index (χ0n) is 22.2. The average molecular weight is 404 g/mol. The van der Waals surface area contributed by atoms with E-state index in [-0.39, 0.29) is 34.3 Å². The molecule has 0 unspecified atom stereocenters. The number of carbonyl (C=O) groups is 2. The Labute approximate surface area is 178 Å². The number of hydrogen-bond acceptors (Lipinski definition) is 4. The molecule has 2 amide bonds. The van der Waals surface area contributed by atoms with Crippen molar-refractivity contribution in [2.75, 3.05) is 0 Å². The molecule has 1 heterocycles. The molecule has 0 fully saturated rings. The van der Waals surface area contributed by atoms with E-state index in [0.29, 0.717) is 0 Å². The number of nitrogens with zero attached hydrogens (tertiary/aromatic N) is 1. The van der Waals surface area contributed by atoms with Gasteiger partial charge in [-0.3, -0.25) is 15.0 Å². The second-order valence-corrected chi connectivity index (χ2v) is 7.71. The summed E-state index contributed by atoms with van der Waals surface area (Å²) in [6.45, 7) is -0.879. The fraction of sp³-hybridized carbons (Fsp3) is 0.333. The molecule has 0 bridgehead atoms. The van der Waals surface area contributed by atoms with Gasteiger partial charge in [0.15, 0.2) is 0 Å². The van der Waals surface area contributed by atoms with Crippen LogP contribution in [0.2, 0.25) is 0 Å². The number of carbonyl (C=O) groups excluding carboxylic acids is 2. The number of rotatable bonds is 2. The molecule has 152 valence electrons. The molecule has 29 heavy (non-hydrogen) atoms. The van der Waals surface area contributed by atoms with Crippen molar-refractivity contribution in [3.63, 3.8) is 0 Å². The summed E-state index contributed by atoms with van der Waals surface area (Å²) in [6, 6.07) is 5.58. The van der Waals surface area contributed by atoms with E-state index in [9.17, 15) is 19.0 Å². The maximum atomic E-state index is 15.0. The largest absolute Gasteiger partial charge is 0.491 e. The Kier molecular flexibility index (Phi) is 3.75. The number of fused-ring (bicyclic) bond motifs is 1. The highest BCUT2D eigenvalue weighted by molar-refractivity contribution is 6.61. The van der Waals surface area contributed by atoms with Gasteiger partial charge in [-0.05, 0) is 58.1 Å². The lowest BCUT2D eigenvalue weighted by Crippen LogP contribution is -2.56. The highest BCUT2D eigenvalue weighted by atomic mass is 19.1. The molecular formula is C21H24BFN2O4. The predicted molar refractivity (Wildman–Crippen MR) is 108 cm³/mol. The van der Waals surface area contributed by atoms with Gasteiger partial charge in [0.2, 0.25) is 0 Å². The van der Waals surface area contributed by atoms with Crippen LogP contribution in [0.5, 0.6) is 0 Å². The number of amides is 2. The van der Waals surface area contributed by atoms with Crippen molar-refractivity contribution >= 4 is 24.4 Å². The van der Waals surface area contributed by atoms with Crippen molar-refractivity contribution in [3.05, 3.63) is 64.0 Å². The van der Waals surface area contributed by atoms with Gasteiger partial charge in [0, 0.05) is 19.4 Å². The molecule has 0 spiro atoms. The Morgan fingerprint density at radius 3 is 2.48 bits per heavy atom. The van der Waals surface area contributed by atoms with Crippen LogP contribution >= 0.6 is 0 Å². The molecule has 1 aliphatic rings. The molecule has 2 N–H and O–H groups in total. The Hall–Kier alpha value is -2.71. The van der Waals surface area contributed by atoms with Gasteiger partial charge in [0.1, 0.15) is 5.82 Å². The van der Waals surface area contributed by atoms with Gasteiger partial charge in [-0.2, -0.15) is 0 Å². The third kappa shape index (κ3) is 4.18. The summed E-state index contributed by atoms with van der Waals surface area (Å²) in [5, 5.41) is 10.6. The quantitative estimate of drug-likeness (QED) is 0.595. The molecule has 2 aromatic rings. The highest BCUT2D eigenvalue weighted by Gasteiger charge is 2.34. The van der Waals surface area contributed by atoms with Crippen molar-refractivity contribution in [2.24, 2.45) is 0 Å². The normalized spacial score (nSPS) is 17.2. The topological polar surface area (TPSA) is 78.9 Å². The van der Waals surface area contributed by atoms with Crippen LogP contribution in [0.25, 0.3) is 0 Å². The summed E-state index contributed by atoms with van der Waals surface area (Å²) >= 11 is 0. The van der Waals surface area contributed by atoms with Crippen LogP contribution in [0.1, 0.15) is 66.4 Å². The van der Waals surface area contributed by atoms with E-state index in [4.69, 9.17) is 12.9 Å². The molecule has 0 atom stereocenters. The zero-order chi connectivity index (χ0) is 26.5. The van der Waals surface area contributed by atoms with Crippen molar-refractivity contribution in [1.82, 2.24) is 10.4 Å². The van der Waals surface area contributed by atoms with Crippen LogP contribution in [-0.4, -0.2) is 34.5 Å². The van der Waals surface area contributed by atoms with Gasteiger partial charge in [-0.1, -0.05) is 23.3 Å². The lowest BCUT2D eigenvalue weighted by Gasteiger charge is -2.35. The molecule has 2 aromatic carbocycles. The maximum Gasteiger partial charge on any atom is 0.491 e. The third-order valence-corrected chi connectivity index (χ3v) is 4.44. The maximum absolute atomic E-state index is 15.0. The lowest BCUT2D eigenvalue weighted by atomic mass is 9.79. The number of hydrogen-bond donors (Lipinski definition) is 2. The molecule has 0 aliphatic carbocycles. The third-order valence-electron chi connectivity index (χ3n) is 4.44. The van der Waals surface area contributed by atoms with Crippen LogP contribution in [0.4, 0.5) is 4.39 Å². The number of benzene rings is 2. The Balaban J connectivity index is 2.01. The minimum absolute atomic E-state index is 0.0199. The minimum Gasteiger partial charge on any atom is -0.423 e. The summed E-state index contributed by atoms with van der Waals surface area (Å²) in [4.78, 5) is 26.4. The predicted octanol–water partition coefficient (Wildman–Crippen LogP) is 2.25. The van der Waals surface area contributed by atoms with Crippen molar-refractivity contribution in [1.29, 1.82) is 0 Å². The molecule has 1 aliphatic heterocycles. The first kappa shape index (κ1) is 14.3. The second-order valence-electron chi connectivity index (χ2n) is 7.71. The number of aryl methyl sites for hydroxylation is 2. The number of halogens is 1. The fourth-order valence-electron chi connectivity index (χ4n) is 3.01. The SMILES string of the molecule is [2H]C([2H])([2H])c1cc(C(=O)N(NC(=O)c2ccc3c(c2F)COB3O)C(C)(C)C)cc(C([2H])([2H])[2H])c1. The first-order chi connectivity index (χ1) is 15.9. The Bertz CT molecular complexity index is 1150. The zero-order valence-corrected chi connectivity index (χ0v) is 16.2. The van der Waals surface area contributed by atoms with E-state index in [1.807, 2.05) is 0 Å². The highest BCUT2D eigenvalue weighted by Crippen LogP contribution is 2.20. The van der Waals surface area contributed by atoms with Gasteiger partial charge < -0.3 is 9.68 Å². The van der Waals surface area contributed by atoms with Gasteiger partial charge in [0.25, 0.3) is 11.8 Å². The number of hydrazine groups is 1. The van der Waals surface area contributed by atoms with Gasteiger partial charge >= 0.3 is 7.12 Å². The monoisotopic (exact) mass is 404 g/mol. The molecule has 0 aromatic heterocycles. The van der Waals surface area contributed by atoms with Crippen molar-refractivity contribution in [2.45, 2.75) is 46.6 Å². The summed E-state index contributed by atoms with van der Waals surface area (Å²) in [6.07, 6.45) is 0. The summed E-state index contributed by atoms with van der Waals surface area (Å²) in [5.74, 6) is -2.77. The summed E-state index contributed by atoms with van der Waals surface area (Å²) in [5.41, 5.74) is 0.122. The second kappa shape index (κ2) is 7.61. The molecule has 0 saturated heterocycles. The van der Waals surface area contributed by atoms with Gasteiger partial charge in [-0.25, -0.2) is 9.40 Å². The summed E-state index contributed by atoms with van der Waals surface area (Å²) in [7, 11) is -1.30. The molecule has 0 saturated carbocycles. The Morgan fingerprint density at radius 2 is 1.90 bits per heavy atom. The molecule has 6 nitrogen and oxygen atoms in total. The number of nitrogens with one attached hydrogen (secondary N) is 1. The summed E-state index contributed by atoms with van der Waals surface area (Å²) < 4.78 is 65.8. The van der Waals surface area contributed by atoms with Crippen LogP contribution in [0, 0.1) is 19.5 Å². The van der Waals surface area contributed by atoms with Crippen LogP contribution in [-0.2, 0) is 11.3 Å². The van der Waals surface area contributed by atoms with Crippen molar-refractivity contribution < 1.29 is 31.9 Å². The van der Waals surface area contributed by atoms with E-state index in [1.165, 1.54) is 6.07 Å². The van der Waals surface area contributed by atoms with Crippen molar-refractivity contribution in [3.8, 4) is 0 Å². The van der Waals surface area contributed by atoms with Gasteiger partial charge in [0.05, 0.1) is 17.7 Å². The van der Waals surface area contributed by atoms with E-state index < -0.39 is 49.6 Å². The van der Waals surface area contributed by atoms with Crippen LogP contribution in [0.15, 0.2) is 30.3 Å². The molecule has 3 rings (SSSR count). The minimum atomic E-state index is -2.69. The first-order valence-electron chi connectivity index (χ1n) is 11.8. The van der Waals surface area contributed by atoms with Gasteiger partial charge in [-0.15, -0.1) is 0 Å². The average Bonchev–Trinajstić information content (AvgIpc) is 3.11. The standard InChI is InChI=1S/C21H24BFN2O4/c1-12-8-13(2)10-14(9-12)20(27)25(21(3,4)5)24-19(26)15-6-7-17-16(18(15)23)11-29-22(17)28/h6-10,28H,11H2,1-5H3,(H,24,26)/i1D3,2D3. The van der Waals surface area contributed by atoms with E-state index in [1.54, 1.807) is 20.8 Å². The molecule has 0 radical (unpaired) electrons. The fourth-order valence-corrected chi connectivity index (χ4v) is 3.01. The molecule has 8 heteroatoms.